The molecule has 0 bridgehead atoms. The van der Waals surface area contributed by atoms with Gasteiger partial charge in [0, 0.05) is 19.1 Å². The van der Waals surface area contributed by atoms with Crippen molar-refractivity contribution in [3.05, 3.63) is 24.3 Å². The fourth-order valence-corrected chi connectivity index (χ4v) is 3.54. The second-order valence-electron chi connectivity index (χ2n) is 7.94. The number of amides is 1. The molecule has 1 aliphatic rings. The summed E-state index contributed by atoms with van der Waals surface area (Å²) >= 11 is 0. The summed E-state index contributed by atoms with van der Waals surface area (Å²) in [6, 6.07) is 0.330. The van der Waals surface area contributed by atoms with Gasteiger partial charge in [-0.05, 0) is 44.9 Å². The first-order chi connectivity index (χ1) is 13.6. The predicted molar refractivity (Wildman–Crippen MR) is 114 cm³/mol. The van der Waals surface area contributed by atoms with Gasteiger partial charge in [0.05, 0.1) is 12.2 Å². The number of hydrogen-bond acceptors (Lipinski definition) is 4. The van der Waals surface area contributed by atoms with Crippen molar-refractivity contribution < 1.29 is 20.1 Å². The van der Waals surface area contributed by atoms with Crippen LogP contribution in [0.25, 0.3) is 0 Å². The third kappa shape index (κ3) is 13.9. The molecule has 2 unspecified atom stereocenters. The maximum atomic E-state index is 11.9. The average Bonchev–Trinajstić information content (AvgIpc) is 2.69. The van der Waals surface area contributed by atoms with Crippen molar-refractivity contribution in [2.75, 3.05) is 6.61 Å². The molecule has 0 aromatic carbocycles. The van der Waals surface area contributed by atoms with Gasteiger partial charge in [-0.25, -0.2) is 0 Å². The number of allylic oxidation sites excluding steroid dienone is 2. The average molecular weight is 396 g/mol. The highest BCUT2D eigenvalue weighted by atomic mass is 16.3. The molecular weight excluding hydrogens is 354 g/mol. The first kappa shape index (κ1) is 24.9. The quantitative estimate of drug-likeness (QED) is 0.251. The molecule has 1 fully saturated rings. The molecule has 0 saturated heterocycles. The zero-order valence-corrected chi connectivity index (χ0v) is 17.4. The minimum Gasteiger partial charge on any atom is -0.396 e. The van der Waals surface area contributed by atoms with E-state index in [0.717, 1.165) is 57.8 Å². The molecular formula is C23H41NO4. The first-order valence-corrected chi connectivity index (χ1v) is 11.2. The molecule has 1 rings (SSSR count). The van der Waals surface area contributed by atoms with Gasteiger partial charge in [-0.15, -0.1) is 0 Å². The molecule has 4 N–H and O–H groups in total. The number of rotatable bonds is 15. The van der Waals surface area contributed by atoms with E-state index in [1.807, 2.05) is 18.2 Å². The lowest BCUT2D eigenvalue weighted by molar-refractivity contribution is -0.122. The van der Waals surface area contributed by atoms with E-state index >= 15 is 0 Å². The molecule has 0 aliphatic heterocycles. The highest BCUT2D eigenvalue weighted by molar-refractivity contribution is 5.76. The zero-order chi connectivity index (χ0) is 20.5. The summed E-state index contributed by atoms with van der Waals surface area (Å²) in [5.74, 6) is 0.0487. The fraction of sp³-hybridized carbons (Fsp3) is 0.783. The molecule has 0 radical (unpaired) electrons. The monoisotopic (exact) mass is 395 g/mol. The van der Waals surface area contributed by atoms with E-state index in [9.17, 15) is 15.0 Å². The fourth-order valence-electron chi connectivity index (χ4n) is 3.54. The number of aliphatic hydroxyl groups is 3. The maximum absolute atomic E-state index is 11.9. The standard InChI is InChI=1S/C23H41NO4/c25-19-11-4-3-10-15-21(26)14-8-1-2-9-16-22(27)17-18-23(28)24-20-12-6-5-7-13-20/h8-9,14,16,20-22,25-27H,1-7,10-13,15,17-19H2,(H,24,28)/b14-8+,16-9+. The van der Waals surface area contributed by atoms with Crippen LogP contribution in [0.3, 0.4) is 0 Å². The lowest BCUT2D eigenvalue weighted by Crippen LogP contribution is -2.36. The van der Waals surface area contributed by atoms with E-state index in [2.05, 4.69) is 5.32 Å². The Bertz CT molecular complexity index is 444. The second kappa shape index (κ2) is 16.8. The van der Waals surface area contributed by atoms with Crippen molar-refractivity contribution in [3.63, 3.8) is 0 Å². The van der Waals surface area contributed by atoms with Crippen LogP contribution in [0.5, 0.6) is 0 Å². The second-order valence-corrected chi connectivity index (χ2v) is 7.94. The molecule has 0 heterocycles. The van der Waals surface area contributed by atoms with Crippen molar-refractivity contribution in [1.29, 1.82) is 0 Å². The van der Waals surface area contributed by atoms with Gasteiger partial charge in [0.15, 0.2) is 0 Å². The Morgan fingerprint density at radius 2 is 1.50 bits per heavy atom. The van der Waals surface area contributed by atoms with Crippen LogP contribution < -0.4 is 5.32 Å². The molecule has 28 heavy (non-hydrogen) atoms. The highest BCUT2D eigenvalue weighted by Gasteiger charge is 2.15. The first-order valence-electron chi connectivity index (χ1n) is 11.2. The molecule has 162 valence electrons. The van der Waals surface area contributed by atoms with Crippen LogP contribution in [0.4, 0.5) is 0 Å². The largest absolute Gasteiger partial charge is 0.396 e. The van der Waals surface area contributed by atoms with E-state index in [1.54, 1.807) is 6.08 Å². The van der Waals surface area contributed by atoms with Gasteiger partial charge in [0.2, 0.25) is 5.91 Å². The number of hydrogen-bond donors (Lipinski definition) is 4. The number of carbonyl (C=O) groups excluding carboxylic acids is 1. The van der Waals surface area contributed by atoms with Crippen molar-refractivity contribution in [1.82, 2.24) is 5.32 Å². The van der Waals surface area contributed by atoms with Crippen LogP contribution in [0.15, 0.2) is 24.3 Å². The van der Waals surface area contributed by atoms with E-state index < -0.39 is 12.2 Å². The molecule has 2 atom stereocenters. The minimum absolute atomic E-state index is 0.0487. The molecule has 5 nitrogen and oxygen atoms in total. The van der Waals surface area contributed by atoms with Crippen molar-refractivity contribution >= 4 is 5.91 Å². The summed E-state index contributed by atoms with van der Waals surface area (Å²) in [7, 11) is 0. The summed E-state index contributed by atoms with van der Waals surface area (Å²) in [4.78, 5) is 11.9. The lowest BCUT2D eigenvalue weighted by Gasteiger charge is -2.22. The van der Waals surface area contributed by atoms with Crippen LogP contribution in [0.1, 0.15) is 89.9 Å². The van der Waals surface area contributed by atoms with E-state index in [0.29, 0.717) is 18.9 Å². The van der Waals surface area contributed by atoms with Gasteiger partial charge >= 0.3 is 0 Å². The molecule has 0 aromatic rings. The Kier molecular flexibility index (Phi) is 14.9. The van der Waals surface area contributed by atoms with E-state index in [4.69, 9.17) is 5.11 Å². The molecule has 1 aliphatic carbocycles. The third-order valence-corrected chi connectivity index (χ3v) is 5.26. The smallest absolute Gasteiger partial charge is 0.220 e. The van der Waals surface area contributed by atoms with Gasteiger partial charge in [0.25, 0.3) is 0 Å². The highest BCUT2D eigenvalue weighted by Crippen LogP contribution is 2.17. The maximum Gasteiger partial charge on any atom is 0.220 e. The summed E-state index contributed by atoms with van der Waals surface area (Å²) in [6.45, 7) is 0.248. The van der Waals surface area contributed by atoms with Gasteiger partial charge in [0.1, 0.15) is 0 Å². The van der Waals surface area contributed by atoms with Gasteiger partial charge in [-0.1, -0.05) is 62.8 Å². The van der Waals surface area contributed by atoms with Crippen molar-refractivity contribution in [2.45, 2.75) is 108 Å². The van der Waals surface area contributed by atoms with Crippen LogP contribution in [-0.2, 0) is 4.79 Å². The minimum atomic E-state index is -0.578. The van der Waals surface area contributed by atoms with Crippen LogP contribution in [0, 0.1) is 0 Å². The summed E-state index contributed by atoms with van der Waals surface area (Å²) in [5, 5.41) is 31.6. The lowest BCUT2D eigenvalue weighted by atomic mass is 9.95. The normalized spacial score (nSPS) is 18.0. The Labute approximate surface area is 170 Å². The van der Waals surface area contributed by atoms with Gasteiger partial charge in [-0.2, -0.15) is 0 Å². The Balaban J connectivity index is 2.02. The van der Waals surface area contributed by atoms with Crippen molar-refractivity contribution in [2.24, 2.45) is 0 Å². The molecule has 1 saturated carbocycles. The van der Waals surface area contributed by atoms with Crippen LogP contribution >= 0.6 is 0 Å². The number of unbranched alkanes of at least 4 members (excludes halogenated alkanes) is 4. The molecule has 5 heteroatoms. The van der Waals surface area contributed by atoms with E-state index in [-0.39, 0.29) is 12.5 Å². The van der Waals surface area contributed by atoms with Crippen LogP contribution in [0.2, 0.25) is 0 Å². The van der Waals surface area contributed by atoms with Gasteiger partial charge in [-0.3, -0.25) is 4.79 Å². The topological polar surface area (TPSA) is 89.8 Å². The van der Waals surface area contributed by atoms with E-state index in [1.165, 1.54) is 19.3 Å². The molecule has 0 spiro atoms. The van der Waals surface area contributed by atoms with Crippen LogP contribution in [-0.4, -0.2) is 46.1 Å². The summed E-state index contributed by atoms with van der Waals surface area (Å²) < 4.78 is 0. The van der Waals surface area contributed by atoms with Crippen molar-refractivity contribution in [3.8, 4) is 0 Å². The summed E-state index contributed by atoms with van der Waals surface area (Å²) in [5.41, 5.74) is 0. The Hall–Kier alpha value is -1.17. The Morgan fingerprint density at radius 1 is 0.893 bits per heavy atom. The summed E-state index contributed by atoms with van der Waals surface area (Å²) in [6.07, 6.45) is 19.5. The third-order valence-electron chi connectivity index (χ3n) is 5.26. The number of nitrogens with one attached hydrogen (secondary N) is 1. The Morgan fingerprint density at radius 3 is 2.14 bits per heavy atom. The number of aliphatic hydroxyl groups excluding tert-OH is 3. The zero-order valence-electron chi connectivity index (χ0n) is 17.4. The molecule has 1 amide bonds. The predicted octanol–water partition coefficient (Wildman–Crippen LogP) is 3.77. The molecule has 0 aromatic heterocycles. The van der Waals surface area contributed by atoms with Gasteiger partial charge < -0.3 is 20.6 Å². The number of carbonyl (C=O) groups is 1. The SMILES string of the molecule is O=C(CCC(O)/C=C/CC/C=C/C(O)CCCCCCO)NC1CCCCC1.